The summed E-state index contributed by atoms with van der Waals surface area (Å²) in [6.45, 7) is 4.61. The Balaban J connectivity index is 0.00000103. The van der Waals surface area contributed by atoms with Crippen molar-refractivity contribution in [2.24, 2.45) is 11.7 Å². The average molecular weight is 439 g/mol. The summed E-state index contributed by atoms with van der Waals surface area (Å²) in [5.74, 6) is 3.19. The largest absolute Gasteiger partial charge is 0.490 e. The molecule has 0 unspecified atom stereocenters. The minimum atomic E-state index is -5.08. The number of nitrogens with two attached hydrogens (primary N) is 1. The number of carbonyl (C=O) groups excluding carboxylic acids is 1. The molecule has 174 valence electrons. The number of hydrogen-bond acceptors (Lipinski definition) is 6. The Bertz CT molecular complexity index is 573. The standard InChI is InChI=1S/C18H31NO4.C2HF3O2/c1-4-5-6-7-8-9-10-11-15-18(23-16(20)12-19)17(21-3)14(2)13-22-15;3-2(4,5)1(6)7/h14-15,17-18H,4-9,12-13,19H2,1-3H3;(H,6,7)/t14-,15-,17-,18-;/m0./s1. The van der Waals surface area contributed by atoms with Crippen molar-refractivity contribution in [2.45, 2.75) is 76.9 Å². The van der Waals surface area contributed by atoms with Crippen LogP contribution in [-0.2, 0) is 23.8 Å². The number of halogens is 3. The summed E-state index contributed by atoms with van der Waals surface area (Å²) >= 11 is 0. The molecule has 1 aliphatic rings. The molecule has 0 bridgehead atoms. The van der Waals surface area contributed by atoms with Crippen LogP contribution < -0.4 is 5.73 Å². The lowest BCUT2D eigenvalue weighted by atomic mass is 9.93. The summed E-state index contributed by atoms with van der Waals surface area (Å²) in [7, 11) is 1.62. The van der Waals surface area contributed by atoms with Gasteiger partial charge >= 0.3 is 18.1 Å². The van der Waals surface area contributed by atoms with E-state index in [4.69, 9.17) is 29.8 Å². The molecule has 1 fully saturated rings. The van der Waals surface area contributed by atoms with E-state index in [1.165, 1.54) is 25.7 Å². The van der Waals surface area contributed by atoms with Crippen LogP contribution >= 0.6 is 0 Å². The number of carboxylic acid groups (broad SMARTS) is 1. The molecule has 4 atom stereocenters. The smallest absolute Gasteiger partial charge is 0.475 e. The van der Waals surface area contributed by atoms with Crippen LogP contribution in [0.25, 0.3) is 0 Å². The highest BCUT2D eigenvalue weighted by Gasteiger charge is 2.41. The fraction of sp³-hybridized carbons (Fsp3) is 0.800. The minimum absolute atomic E-state index is 0.141. The van der Waals surface area contributed by atoms with Crippen molar-refractivity contribution < 1.29 is 42.1 Å². The van der Waals surface area contributed by atoms with Gasteiger partial charge in [-0.25, -0.2) is 4.79 Å². The third-order valence-corrected chi connectivity index (χ3v) is 4.32. The predicted molar refractivity (Wildman–Crippen MR) is 103 cm³/mol. The van der Waals surface area contributed by atoms with Crippen molar-refractivity contribution in [3.8, 4) is 11.8 Å². The molecule has 1 rings (SSSR count). The molecule has 1 heterocycles. The first-order valence-electron chi connectivity index (χ1n) is 9.90. The number of alkyl halides is 3. The quantitative estimate of drug-likeness (QED) is 0.340. The number of rotatable bonds is 8. The highest BCUT2D eigenvalue weighted by Crippen LogP contribution is 2.25. The Kier molecular flexibility index (Phi) is 14.1. The zero-order valence-electron chi connectivity index (χ0n) is 17.7. The zero-order valence-corrected chi connectivity index (χ0v) is 17.7. The van der Waals surface area contributed by atoms with Crippen molar-refractivity contribution in [2.75, 3.05) is 20.3 Å². The van der Waals surface area contributed by atoms with Crippen molar-refractivity contribution in [1.29, 1.82) is 0 Å². The monoisotopic (exact) mass is 439 g/mol. The molecule has 30 heavy (non-hydrogen) atoms. The molecule has 0 aromatic carbocycles. The van der Waals surface area contributed by atoms with Crippen LogP contribution in [0.15, 0.2) is 0 Å². The summed E-state index contributed by atoms with van der Waals surface area (Å²) in [4.78, 5) is 20.5. The highest BCUT2D eigenvalue weighted by molar-refractivity contribution is 5.73. The van der Waals surface area contributed by atoms with Gasteiger partial charge in [-0.05, 0) is 6.42 Å². The topological polar surface area (TPSA) is 108 Å². The van der Waals surface area contributed by atoms with Gasteiger partial charge in [0.1, 0.15) is 6.10 Å². The van der Waals surface area contributed by atoms with Crippen LogP contribution in [0, 0.1) is 17.8 Å². The summed E-state index contributed by atoms with van der Waals surface area (Å²) in [5.41, 5.74) is 5.34. The van der Waals surface area contributed by atoms with Gasteiger partial charge in [-0.15, -0.1) is 5.92 Å². The van der Waals surface area contributed by atoms with E-state index in [0.29, 0.717) is 6.61 Å². The van der Waals surface area contributed by atoms with Crippen LogP contribution in [0.5, 0.6) is 0 Å². The molecule has 0 aromatic rings. The van der Waals surface area contributed by atoms with Crippen LogP contribution in [0.3, 0.4) is 0 Å². The number of carbonyl (C=O) groups is 2. The van der Waals surface area contributed by atoms with Crippen molar-refractivity contribution in [3.05, 3.63) is 0 Å². The van der Waals surface area contributed by atoms with E-state index in [2.05, 4.69) is 18.8 Å². The number of ether oxygens (including phenoxy) is 3. The second-order valence-electron chi connectivity index (χ2n) is 6.88. The first-order chi connectivity index (χ1) is 14.1. The van der Waals surface area contributed by atoms with Gasteiger partial charge in [-0.3, -0.25) is 4.79 Å². The molecule has 0 aliphatic carbocycles. The highest BCUT2D eigenvalue weighted by atomic mass is 19.4. The molecule has 1 aliphatic heterocycles. The van der Waals surface area contributed by atoms with Gasteiger partial charge in [0.2, 0.25) is 0 Å². The van der Waals surface area contributed by atoms with Gasteiger partial charge in [0.15, 0.2) is 12.2 Å². The normalized spacial score (nSPS) is 23.4. The van der Waals surface area contributed by atoms with E-state index in [1.54, 1.807) is 7.11 Å². The van der Waals surface area contributed by atoms with Gasteiger partial charge in [-0.1, -0.05) is 45.5 Å². The van der Waals surface area contributed by atoms with Gasteiger partial charge in [0.05, 0.1) is 13.2 Å². The van der Waals surface area contributed by atoms with Crippen LogP contribution in [0.1, 0.15) is 52.4 Å². The molecule has 7 nitrogen and oxygen atoms in total. The predicted octanol–water partition coefficient (Wildman–Crippen LogP) is 2.90. The molecule has 0 radical (unpaired) electrons. The molecule has 10 heteroatoms. The molecule has 1 saturated heterocycles. The first kappa shape index (κ1) is 28.2. The molecule has 0 spiro atoms. The molecular formula is C20H32F3NO6. The maximum Gasteiger partial charge on any atom is 0.490 e. The van der Waals surface area contributed by atoms with Crippen molar-refractivity contribution in [3.63, 3.8) is 0 Å². The number of esters is 1. The van der Waals surface area contributed by atoms with E-state index in [9.17, 15) is 18.0 Å². The lowest BCUT2D eigenvalue weighted by Crippen LogP contribution is -2.52. The van der Waals surface area contributed by atoms with Gasteiger partial charge in [0, 0.05) is 19.4 Å². The second-order valence-corrected chi connectivity index (χ2v) is 6.88. The zero-order chi connectivity index (χ0) is 23.2. The van der Waals surface area contributed by atoms with E-state index in [-0.39, 0.29) is 18.6 Å². The number of methoxy groups -OCH3 is 1. The summed E-state index contributed by atoms with van der Waals surface area (Å²) in [6.07, 6.45) is 0.662. The van der Waals surface area contributed by atoms with Crippen molar-refractivity contribution >= 4 is 11.9 Å². The lowest BCUT2D eigenvalue weighted by molar-refractivity contribution is -0.192. The Hall–Kier alpha value is -1.83. The van der Waals surface area contributed by atoms with Gasteiger partial charge < -0.3 is 25.1 Å². The second kappa shape index (κ2) is 15.0. The fourth-order valence-corrected chi connectivity index (χ4v) is 2.75. The Morgan fingerprint density at radius 1 is 1.20 bits per heavy atom. The third-order valence-electron chi connectivity index (χ3n) is 4.32. The molecule has 0 amide bonds. The molecule has 3 N–H and O–H groups in total. The molecule has 0 saturated carbocycles. The van der Waals surface area contributed by atoms with E-state index >= 15 is 0 Å². The maximum absolute atomic E-state index is 11.6. The number of unbranched alkanes of at least 4 members (excludes halogenated alkanes) is 5. The number of aliphatic carboxylic acids is 1. The minimum Gasteiger partial charge on any atom is -0.475 e. The van der Waals surface area contributed by atoms with Crippen molar-refractivity contribution in [1.82, 2.24) is 0 Å². The van der Waals surface area contributed by atoms with Crippen LogP contribution in [-0.4, -0.2) is 61.8 Å². The Labute approximate surface area is 175 Å². The molecule has 0 aromatic heterocycles. The van der Waals surface area contributed by atoms with Crippen LogP contribution in [0.4, 0.5) is 13.2 Å². The first-order valence-corrected chi connectivity index (χ1v) is 9.90. The maximum atomic E-state index is 11.6. The van der Waals surface area contributed by atoms with Gasteiger partial charge in [0.25, 0.3) is 0 Å². The number of hydrogen-bond donors (Lipinski definition) is 2. The van der Waals surface area contributed by atoms with E-state index < -0.39 is 30.3 Å². The average Bonchev–Trinajstić information content (AvgIpc) is 2.68. The lowest BCUT2D eigenvalue weighted by Gasteiger charge is -2.38. The third kappa shape index (κ3) is 11.4. The van der Waals surface area contributed by atoms with E-state index in [0.717, 1.165) is 12.8 Å². The SMILES string of the molecule is CCCCCCCC#C[C@@H]1OC[C@H](C)[C@H](OC)[C@H]1OC(=O)CN.O=C(O)C(F)(F)F. The summed E-state index contributed by atoms with van der Waals surface area (Å²) < 4.78 is 48.4. The molecular weight excluding hydrogens is 407 g/mol. The van der Waals surface area contributed by atoms with E-state index in [1.807, 2.05) is 6.92 Å². The summed E-state index contributed by atoms with van der Waals surface area (Å²) in [6, 6.07) is 0. The summed E-state index contributed by atoms with van der Waals surface area (Å²) in [5, 5.41) is 7.12. The fourth-order valence-electron chi connectivity index (χ4n) is 2.75. The van der Waals surface area contributed by atoms with Crippen LogP contribution in [0.2, 0.25) is 0 Å². The Morgan fingerprint density at radius 2 is 1.80 bits per heavy atom. The van der Waals surface area contributed by atoms with Gasteiger partial charge in [-0.2, -0.15) is 13.2 Å². The Morgan fingerprint density at radius 3 is 2.30 bits per heavy atom. The number of carboxylic acids is 1.